The number of pyridine rings is 1. The second-order valence-corrected chi connectivity index (χ2v) is 12.5. The van der Waals surface area contributed by atoms with Gasteiger partial charge < -0.3 is 24.7 Å². The Morgan fingerprint density at radius 3 is 2.60 bits per heavy atom. The summed E-state index contributed by atoms with van der Waals surface area (Å²) in [7, 11) is 4.05. The first-order valence-corrected chi connectivity index (χ1v) is 14.5. The zero-order chi connectivity index (χ0) is 29.8. The molecule has 8 nitrogen and oxygen atoms in total. The Morgan fingerprint density at radius 2 is 1.90 bits per heavy atom. The predicted molar refractivity (Wildman–Crippen MR) is 159 cm³/mol. The second-order valence-electron chi connectivity index (χ2n) is 12.5. The van der Waals surface area contributed by atoms with Crippen molar-refractivity contribution >= 4 is 27.5 Å². The standard InChI is InChI=1S/C32H37F2N5O3/c1-5-21-24(33)8-7-19-13-20(40)14-22(25(19)21)27-26(34)28-23(15-35-27)29(39-12-6-9-31(2,41)16-39)37-30(36-28)42-18-32(10-11-32)17-38(3)4/h7-8,13-15,40-41H,5-6,9-12,16-18H2,1-4H3. The van der Waals surface area contributed by atoms with Crippen molar-refractivity contribution in [2.24, 2.45) is 5.41 Å². The molecule has 0 radical (unpaired) electrons. The maximum absolute atomic E-state index is 16.6. The summed E-state index contributed by atoms with van der Waals surface area (Å²) in [5, 5.41) is 22.8. The van der Waals surface area contributed by atoms with Gasteiger partial charge in [-0.1, -0.05) is 13.0 Å². The van der Waals surface area contributed by atoms with Crippen LogP contribution in [0, 0.1) is 17.0 Å². The first kappa shape index (κ1) is 28.5. The zero-order valence-electron chi connectivity index (χ0n) is 24.5. The summed E-state index contributed by atoms with van der Waals surface area (Å²) in [5.41, 5.74) is -0.230. The molecule has 3 heterocycles. The van der Waals surface area contributed by atoms with Crippen LogP contribution in [0.25, 0.3) is 32.9 Å². The Bertz CT molecular complexity index is 1670. The van der Waals surface area contributed by atoms with E-state index in [2.05, 4.69) is 14.9 Å². The maximum atomic E-state index is 16.6. The van der Waals surface area contributed by atoms with Crippen LogP contribution in [0.4, 0.5) is 14.6 Å². The smallest absolute Gasteiger partial charge is 0.319 e. The molecule has 0 spiro atoms. The number of piperidine rings is 1. The number of phenolic OH excluding ortho intramolecular Hbond substituents is 1. The van der Waals surface area contributed by atoms with Gasteiger partial charge >= 0.3 is 6.01 Å². The molecule has 2 aromatic carbocycles. The first-order chi connectivity index (χ1) is 20.0. The second kappa shape index (κ2) is 10.6. The number of rotatable bonds is 8. The van der Waals surface area contributed by atoms with E-state index in [0.29, 0.717) is 60.1 Å². The van der Waals surface area contributed by atoms with Crippen molar-refractivity contribution < 1.29 is 23.7 Å². The highest BCUT2D eigenvalue weighted by molar-refractivity contribution is 6.01. The Labute approximate surface area is 244 Å². The lowest BCUT2D eigenvalue weighted by Crippen LogP contribution is -2.46. The number of benzene rings is 2. The number of aryl methyl sites for hydroxylation is 1. The fourth-order valence-electron chi connectivity index (χ4n) is 6.36. The van der Waals surface area contributed by atoms with Crippen LogP contribution in [-0.2, 0) is 6.42 Å². The Hall–Kier alpha value is -3.63. The van der Waals surface area contributed by atoms with E-state index in [1.165, 1.54) is 24.4 Å². The van der Waals surface area contributed by atoms with E-state index in [1.807, 2.05) is 25.9 Å². The molecule has 1 saturated carbocycles. The number of ether oxygens (including phenoxy) is 1. The topological polar surface area (TPSA) is 94.8 Å². The Morgan fingerprint density at radius 1 is 1.12 bits per heavy atom. The monoisotopic (exact) mass is 577 g/mol. The van der Waals surface area contributed by atoms with Gasteiger partial charge in [0.1, 0.15) is 28.6 Å². The number of nitrogens with zero attached hydrogens (tertiary/aromatic N) is 5. The lowest BCUT2D eigenvalue weighted by Gasteiger charge is -2.37. The Balaban J connectivity index is 1.52. The number of aromatic hydroxyl groups is 1. The van der Waals surface area contributed by atoms with Crippen molar-refractivity contribution in [3.63, 3.8) is 0 Å². The van der Waals surface area contributed by atoms with E-state index < -0.39 is 17.2 Å². The summed E-state index contributed by atoms with van der Waals surface area (Å²) in [6.45, 7) is 5.84. The van der Waals surface area contributed by atoms with E-state index in [4.69, 9.17) is 9.72 Å². The average molecular weight is 578 g/mol. The van der Waals surface area contributed by atoms with Crippen molar-refractivity contribution in [3.8, 4) is 23.0 Å². The van der Waals surface area contributed by atoms with E-state index in [-0.39, 0.29) is 33.9 Å². The molecule has 1 atom stereocenters. The summed E-state index contributed by atoms with van der Waals surface area (Å²) < 4.78 is 37.7. The third-order valence-electron chi connectivity index (χ3n) is 8.50. The van der Waals surface area contributed by atoms with Crippen LogP contribution in [0.1, 0.15) is 45.1 Å². The number of aromatic nitrogens is 3. The highest BCUT2D eigenvalue weighted by atomic mass is 19.1. The number of hydrogen-bond donors (Lipinski definition) is 2. The summed E-state index contributed by atoms with van der Waals surface area (Å²) >= 11 is 0. The molecule has 10 heteroatoms. The number of hydrogen-bond acceptors (Lipinski definition) is 8. The molecule has 2 fully saturated rings. The van der Waals surface area contributed by atoms with Crippen molar-refractivity contribution in [1.29, 1.82) is 0 Å². The number of β-amino-alcohol motifs (C(OH)–C–C–N with tert-alkyl or cyclic N) is 1. The molecule has 1 unspecified atom stereocenters. The lowest BCUT2D eigenvalue weighted by atomic mass is 9.94. The molecule has 2 aliphatic rings. The predicted octanol–water partition coefficient (Wildman–Crippen LogP) is 5.46. The summed E-state index contributed by atoms with van der Waals surface area (Å²) in [5.74, 6) is -0.739. The molecule has 4 aromatic rings. The third kappa shape index (κ3) is 5.33. The van der Waals surface area contributed by atoms with E-state index in [9.17, 15) is 14.6 Å². The molecule has 2 aromatic heterocycles. The van der Waals surface area contributed by atoms with Gasteiger partial charge in [0.15, 0.2) is 5.82 Å². The lowest BCUT2D eigenvalue weighted by molar-refractivity contribution is 0.0447. The molecule has 6 rings (SSSR count). The SMILES string of the molecule is CCc1c(F)ccc2cc(O)cc(-c3ncc4c(N5CCCC(C)(O)C5)nc(OCC5(CN(C)C)CC5)nc4c3F)c12. The molecule has 42 heavy (non-hydrogen) atoms. The van der Waals surface area contributed by atoms with Crippen LogP contribution in [0.5, 0.6) is 11.8 Å². The number of phenols is 1. The van der Waals surface area contributed by atoms with E-state index >= 15 is 4.39 Å². The highest BCUT2D eigenvalue weighted by Gasteiger charge is 2.44. The molecule has 2 N–H and O–H groups in total. The maximum Gasteiger partial charge on any atom is 0.319 e. The first-order valence-electron chi connectivity index (χ1n) is 14.5. The minimum atomic E-state index is -0.923. The van der Waals surface area contributed by atoms with E-state index in [0.717, 1.165) is 25.8 Å². The van der Waals surface area contributed by atoms with E-state index in [1.54, 1.807) is 13.0 Å². The number of halogens is 2. The van der Waals surface area contributed by atoms with Gasteiger partial charge in [0.05, 0.1) is 17.6 Å². The number of aliphatic hydroxyl groups is 1. The molecule has 1 aliphatic heterocycles. The average Bonchev–Trinajstić information content (AvgIpc) is 3.70. The summed E-state index contributed by atoms with van der Waals surface area (Å²) in [6.07, 6.45) is 5.36. The van der Waals surface area contributed by atoms with Gasteiger partial charge in [-0.05, 0) is 87.7 Å². The molecule has 0 bridgehead atoms. The van der Waals surface area contributed by atoms with Gasteiger partial charge in [0, 0.05) is 36.8 Å². The van der Waals surface area contributed by atoms with Crippen molar-refractivity contribution in [3.05, 3.63) is 47.7 Å². The molecule has 1 saturated heterocycles. The van der Waals surface area contributed by atoms with Crippen LogP contribution in [0.15, 0.2) is 30.5 Å². The van der Waals surface area contributed by atoms with Crippen LogP contribution in [-0.4, -0.2) is 76.0 Å². The Kier molecular flexibility index (Phi) is 7.17. The molecule has 1 aliphatic carbocycles. The quantitative estimate of drug-likeness (QED) is 0.285. The molecular formula is C32H37F2N5O3. The molecular weight excluding hydrogens is 540 g/mol. The van der Waals surface area contributed by atoms with Crippen LogP contribution < -0.4 is 9.64 Å². The fraction of sp³-hybridized carbons (Fsp3) is 0.469. The minimum Gasteiger partial charge on any atom is -0.508 e. The largest absolute Gasteiger partial charge is 0.508 e. The van der Waals surface area contributed by atoms with Crippen LogP contribution in [0.3, 0.4) is 0 Å². The van der Waals surface area contributed by atoms with Crippen molar-refractivity contribution in [2.75, 3.05) is 45.2 Å². The van der Waals surface area contributed by atoms with Gasteiger partial charge in [0.25, 0.3) is 0 Å². The van der Waals surface area contributed by atoms with Gasteiger partial charge in [-0.2, -0.15) is 9.97 Å². The normalized spacial score (nSPS) is 20.0. The van der Waals surface area contributed by atoms with Crippen LogP contribution in [0.2, 0.25) is 0 Å². The van der Waals surface area contributed by atoms with Gasteiger partial charge in [0.2, 0.25) is 0 Å². The van der Waals surface area contributed by atoms with Gasteiger partial charge in [-0.3, -0.25) is 4.98 Å². The summed E-state index contributed by atoms with van der Waals surface area (Å²) in [4.78, 5) is 17.8. The fourth-order valence-corrected chi connectivity index (χ4v) is 6.36. The third-order valence-corrected chi connectivity index (χ3v) is 8.50. The van der Waals surface area contributed by atoms with Crippen molar-refractivity contribution in [1.82, 2.24) is 19.9 Å². The number of anilines is 1. The van der Waals surface area contributed by atoms with Crippen molar-refractivity contribution in [2.45, 2.75) is 51.6 Å². The molecule has 222 valence electrons. The van der Waals surface area contributed by atoms with Crippen LogP contribution >= 0.6 is 0 Å². The highest BCUT2D eigenvalue weighted by Crippen LogP contribution is 2.46. The van der Waals surface area contributed by atoms with Gasteiger partial charge in [-0.15, -0.1) is 0 Å². The van der Waals surface area contributed by atoms with Gasteiger partial charge in [-0.25, -0.2) is 8.78 Å². The number of fused-ring (bicyclic) bond motifs is 2. The summed E-state index contributed by atoms with van der Waals surface area (Å²) in [6, 6.07) is 5.94. The molecule has 0 amide bonds. The minimum absolute atomic E-state index is 0.0137. The zero-order valence-corrected chi connectivity index (χ0v) is 24.5.